The van der Waals surface area contributed by atoms with Crippen LogP contribution in [0, 0.1) is 5.82 Å². The van der Waals surface area contributed by atoms with Gasteiger partial charge < -0.3 is 10.6 Å². The average Bonchev–Trinajstić information content (AvgIpc) is 2.61. The molecule has 0 saturated carbocycles. The smallest absolute Gasteiger partial charge is 0.175 e. The Labute approximate surface area is 160 Å². The second kappa shape index (κ2) is 8.34. The zero-order valence-electron chi connectivity index (χ0n) is 13.0. The van der Waals surface area contributed by atoms with Crippen molar-refractivity contribution < 1.29 is 4.39 Å². The number of rotatable bonds is 4. The summed E-state index contributed by atoms with van der Waals surface area (Å²) in [5, 5.41) is 7.38. The number of halogens is 2. The van der Waals surface area contributed by atoms with E-state index >= 15 is 0 Å². The summed E-state index contributed by atoms with van der Waals surface area (Å²) in [6.45, 7) is 0. The fraction of sp³-hybridized carbons (Fsp3) is 0. The lowest BCUT2D eigenvalue weighted by atomic mass is 10.3. The molecule has 0 aliphatic carbocycles. The van der Waals surface area contributed by atoms with Crippen LogP contribution in [-0.4, -0.2) is 5.11 Å². The molecule has 0 aliphatic rings. The summed E-state index contributed by atoms with van der Waals surface area (Å²) >= 11 is 12.9. The number of anilines is 2. The van der Waals surface area contributed by atoms with Crippen molar-refractivity contribution in [3.8, 4) is 0 Å². The summed E-state index contributed by atoms with van der Waals surface area (Å²) in [6, 6.07) is 21.6. The molecule has 0 radical (unpaired) electrons. The maximum atomic E-state index is 13.0. The van der Waals surface area contributed by atoms with E-state index in [1.165, 1.54) is 12.1 Å². The molecule has 2 N–H and O–H groups in total. The van der Waals surface area contributed by atoms with Crippen molar-refractivity contribution in [2.24, 2.45) is 0 Å². The number of nitrogens with one attached hydrogen (secondary N) is 2. The highest BCUT2D eigenvalue weighted by atomic mass is 35.5. The summed E-state index contributed by atoms with van der Waals surface area (Å²) in [4.78, 5) is 2.11. The Morgan fingerprint density at radius 2 is 1.56 bits per heavy atom. The molecule has 25 heavy (non-hydrogen) atoms. The predicted octanol–water partition coefficient (Wildman–Crippen LogP) is 6.44. The standard InChI is InChI=1S/C19H14ClFN2S2/c20-13-5-11-16(12-6-13)25-18-4-2-1-3-17(18)23-19(24)22-15-9-7-14(21)8-10-15/h1-12H,(H2,22,23,24). The van der Waals surface area contributed by atoms with E-state index in [0.29, 0.717) is 10.1 Å². The minimum atomic E-state index is -0.283. The number of para-hydroxylation sites is 1. The third-order valence-corrected chi connectivity index (χ3v) is 4.82. The van der Waals surface area contributed by atoms with Crippen LogP contribution >= 0.6 is 35.6 Å². The van der Waals surface area contributed by atoms with Gasteiger partial charge in [0.15, 0.2) is 5.11 Å². The van der Waals surface area contributed by atoms with Crippen molar-refractivity contribution in [2.75, 3.05) is 10.6 Å². The molecule has 3 rings (SSSR count). The zero-order valence-corrected chi connectivity index (χ0v) is 15.4. The van der Waals surface area contributed by atoms with Gasteiger partial charge in [0.1, 0.15) is 5.82 Å². The Kier molecular flexibility index (Phi) is 5.91. The predicted molar refractivity (Wildman–Crippen MR) is 108 cm³/mol. The van der Waals surface area contributed by atoms with Crippen molar-refractivity contribution in [2.45, 2.75) is 9.79 Å². The van der Waals surface area contributed by atoms with Gasteiger partial charge in [-0.05, 0) is 72.9 Å². The summed E-state index contributed by atoms with van der Waals surface area (Å²) in [5.41, 5.74) is 1.61. The molecule has 3 aromatic carbocycles. The van der Waals surface area contributed by atoms with E-state index in [-0.39, 0.29) is 5.82 Å². The van der Waals surface area contributed by atoms with Gasteiger partial charge in [0.25, 0.3) is 0 Å². The molecule has 0 aliphatic heterocycles. The number of thiocarbonyl (C=S) groups is 1. The van der Waals surface area contributed by atoms with Gasteiger partial charge in [-0.1, -0.05) is 35.5 Å². The Bertz CT molecular complexity index is 867. The van der Waals surface area contributed by atoms with Crippen LogP contribution in [0.5, 0.6) is 0 Å². The Morgan fingerprint density at radius 3 is 2.28 bits per heavy atom. The van der Waals surface area contributed by atoms with E-state index in [9.17, 15) is 4.39 Å². The van der Waals surface area contributed by atoms with Crippen LogP contribution in [0.25, 0.3) is 0 Å². The lowest BCUT2D eigenvalue weighted by Crippen LogP contribution is -2.19. The highest BCUT2D eigenvalue weighted by Gasteiger charge is 2.06. The second-order valence-corrected chi connectivity index (χ2v) is 7.10. The van der Waals surface area contributed by atoms with Gasteiger partial charge in [0.2, 0.25) is 0 Å². The normalized spacial score (nSPS) is 10.3. The second-order valence-electron chi connectivity index (χ2n) is 5.14. The summed E-state index contributed by atoms with van der Waals surface area (Å²) in [7, 11) is 0. The molecule has 0 aromatic heterocycles. The van der Waals surface area contributed by atoms with Crippen LogP contribution < -0.4 is 10.6 Å². The average molecular weight is 389 g/mol. The molecular weight excluding hydrogens is 375 g/mol. The molecule has 2 nitrogen and oxygen atoms in total. The van der Waals surface area contributed by atoms with Gasteiger partial charge in [0.05, 0.1) is 5.69 Å². The fourth-order valence-corrected chi connectivity index (χ4v) is 3.36. The molecule has 0 heterocycles. The highest BCUT2D eigenvalue weighted by Crippen LogP contribution is 2.33. The number of hydrogen-bond acceptors (Lipinski definition) is 2. The lowest BCUT2D eigenvalue weighted by Gasteiger charge is -2.14. The maximum Gasteiger partial charge on any atom is 0.175 e. The molecule has 0 fully saturated rings. The topological polar surface area (TPSA) is 24.1 Å². The first kappa shape index (κ1) is 17.7. The first-order chi connectivity index (χ1) is 12.1. The molecule has 0 spiro atoms. The van der Waals surface area contributed by atoms with E-state index < -0.39 is 0 Å². The molecular formula is C19H14ClFN2S2. The minimum absolute atomic E-state index is 0.283. The van der Waals surface area contributed by atoms with E-state index in [2.05, 4.69) is 10.6 Å². The number of hydrogen-bond donors (Lipinski definition) is 2. The zero-order chi connectivity index (χ0) is 17.6. The van der Waals surface area contributed by atoms with Crippen molar-refractivity contribution in [3.05, 3.63) is 83.6 Å². The first-order valence-corrected chi connectivity index (χ1v) is 9.06. The van der Waals surface area contributed by atoms with Crippen LogP contribution in [0.2, 0.25) is 5.02 Å². The Balaban J connectivity index is 1.70. The third-order valence-electron chi connectivity index (χ3n) is 3.28. The fourth-order valence-electron chi connectivity index (χ4n) is 2.11. The molecule has 0 unspecified atom stereocenters. The minimum Gasteiger partial charge on any atom is -0.332 e. The summed E-state index contributed by atoms with van der Waals surface area (Å²) in [5.74, 6) is -0.283. The van der Waals surface area contributed by atoms with E-state index in [1.54, 1.807) is 23.9 Å². The lowest BCUT2D eigenvalue weighted by molar-refractivity contribution is 0.628. The van der Waals surface area contributed by atoms with Gasteiger partial charge in [-0.25, -0.2) is 4.39 Å². The van der Waals surface area contributed by atoms with Gasteiger partial charge in [-0.3, -0.25) is 0 Å². The van der Waals surface area contributed by atoms with Gasteiger partial charge in [-0.15, -0.1) is 0 Å². The monoisotopic (exact) mass is 388 g/mol. The van der Waals surface area contributed by atoms with E-state index in [1.807, 2.05) is 48.5 Å². The van der Waals surface area contributed by atoms with Crippen LogP contribution in [-0.2, 0) is 0 Å². The van der Waals surface area contributed by atoms with Crippen LogP contribution in [0.1, 0.15) is 0 Å². The molecule has 126 valence electrons. The van der Waals surface area contributed by atoms with Gasteiger partial charge in [0, 0.05) is 20.5 Å². The third kappa shape index (κ3) is 5.19. The molecule has 3 aromatic rings. The molecule has 6 heteroatoms. The molecule has 0 atom stereocenters. The van der Waals surface area contributed by atoms with Crippen LogP contribution in [0.4, 0.5) is 15.8 Å². The van der Waals surface area contributed by atoms with Crippen molar-refractivity contribution in [1.29, 1.82) is 0 Å². The Morgan fingerprint density at radius 1 is 0.880 bits per heavy atom. The van der Waals surface area contributed by atoms with Crippen molar-refractivity contribution >= 4 is 52.1 Å². The maximum absolute atomic E-state index is 13.0. The molecule has 0 bridgehead atoms. The van der Waals surface area contributed by atoms with Crippen molar-refractivity contribution in [1.82, 2.24) is 0 Å². The highest BCUT2D eigenvalue weighted by molar-refractivity contribution is 7.99. The summed E-state index contributed by atoms with van der Waals surface area (Å²) < 4.78 is 13.0. The number of benzene rings is 3. The van der Waals surface area contributed by atoms with E-state index in [0.717, 1.165) is 21.2 Å². The summed E-state index contributed by atoms with van der Waals surface area (Å²) in [6.07, 6.45) is 0. The largest absolute Gasteiger partial charge is 0.332 e. The quantitative estimate of drug-likeness (QED) is 0.502. The molecule has 0 saturated heterocycles. The van der Waals surface area contributed by atoms with Crippen molar-refractivity contribution in [3.63, 3.8) is 0 Å². The van der Waals surface area contributed by atoms with Gasteiger partial charge in [-0.2, -0.15) is 0 Å². The van der Waals surface area contributed by atoms with E-state index in [4.69, 9.17) is 23.8 Å². The Hall–Kier alpha value is -2.08. The van der Waals surface area contributed by atoms with Crippen LogP contribution in [0.15, 0.2) is 82.6 Å². The van der Waals surface area contributed by atoms with Gasteiger partial charge >= 0.3 is 0 Å². The molecule has 0 amide bonds. The first-order valence-electron chi connectivity index (χ1n) is 7.46. The van der Waals surface area contributed by atoms with Crippen LogP contribution in [0.3, 0.4) is 0 Å². The SMILES string of the molecule is Fc1ccc(NC(=S)Nc2ccccc2Sc2ccc(Cl)cc2)cc1.